The van der Waals surface area contributed by atoms with Gasteiger partial charge in [-0.25, -0.2) is 9.97 Å². The van der Waals surface area contributed by atoms with Crippen molar-refractivity contribution in [2.24, 2.45) is 0 Å². The van der Waals surface area contributed by atoms with Crippen LogP contribution in [0.25, 0.3) is 0 Å². The zero-order chi connectivity index (χ0) is 15.6. The minimum absolute atomic E-state index is 0.270. The summed E-state index contributed by atoms with van der Waals surface area (Å²) in [6.07, 6.45) is 0. The predicted molar refractivity (Wildman–Crippen MR) is 95.5 cm³/mol. The number of nitrogens with zero attached hydrogens (tertiary/aromatic N) is 2. The van der Waals surface area contributed by atoms with Gasteiger partial charge in [-0.05, 0) is 41.1 Å². The highest BCUT2D eigenvalue weighted by Crippen LogP contribution is 2.31. The van der Waals surface area contributed by atoms with Crippen LogP contribution in [0, 0.1) is 6.92 Å². The van der Waals surface area contributed by atoms with E-state index >= 15 is 0 Å². The summed E-state index contributed by atoms with van der Waals surface area (Å²) in [5.74, 6) is 2.76. The molecule has 6 heteroatoms. The standard InChI is InChI=1S/C15H18Br2N4/c1-8(2)13-20-14(18-4)9(3)15(21-13)19-12-6-5-10(16)7-11(12)17/h5-8H,1-4H3,(H2,18,19,20,21). The van der Waals surface area contributed by atoms with Crippen LogP contribution in [0.4, 0.5) is 17.3 Å². The van der Waals surface area contributed by atoms with E-state index in [1.165, 1.54) is 0 Å². The summed E-state index contributed by atoms with van der Waals surface area (Å²) in [4.78, 5) is 9.19. The van der Waals surface area contributed by atoms with Gasteiger partial charge in [-0.2, -0.15) is 0 Å². The van der Waals surface area contributed by atoms with Crippen LogP contribution >= 0.6 is 31.9 Å². The van der Waals surface area contributed by atoms with E-state index in [-0.39, 0.29) is 5.92 Å². The first-order chi connectivity index (χ1) is 9.92. The normalized spacial score (nSPS) is 10.8. The number of nitrogens with one attached hydrogen (secondary N) is 2. The molecule has 0 spiro atoms. The Bertz CT molecular complexity index is 656. The summed E-state index contributed by atoms with van der Waals surface area (Å²) in [7, 11) is 1.87. The van der Waals surface area contributed by atoms with Crippen molar-refractivity contribution in [3.05, 3.63) is 38.5 Å². The number of hydrogen-bond acceptors (Lipinski definition) is 4. The molecule has 0 aliphatic carbocycles. The van der Waals surface area contributed by atoms with Gasteiger partial charge in [0, 0.05) is 27.5 Å². The van der Waals surface area contributed by atoms with Gasteiger partial charge in [0.05, 0.1) is 5.69 Å². The van der Waals surface area contributed by atoms with Gasteiger partial charge in [0.25, 0.3) is 0 Å². The molecule has 0 aliphatic rings. The van der Waals surface area contributed by atoms with Crippen LogP contribution in [-0.2, 0) is 0 Å². The van der Waals surface area contributed by atoms with Crippen LogP contribution in [0.3, 0.4) is 0 Å². The number of halogens is 2. The first-order valence-electron chi connectivity index (χ1n) is 6.70. The Balaban J connectivity index is 2.45. The van der Waals surface area contributed by atoms with E-state index < -0.39 is 0 Å². The van der Waals surface area contributed by atoms with Crippen LogP contribution < -0.4 is 10.6 Å². The largest absolute Gasteiger partial charge is 0.373 e. The van der Waals surface area contributed by atoms with E-state index in [9.17, 15) is 0 Å². The van der Waals surface area contributed by atoms with Crippen LogP contribution in [0.15, 0.2) is 27.1 Å². The fourth-order valence-electron chi connectivity index (χ4n) is 1.88. The number of rotatable bonds is 4. The van der Waals surface area contributed by atoms with E-state index in [0.717, 1.165) is 37.7 Å². The molecule has 2 N–H and O–H groups in total. The Morgan fingerprint density at radius 2 is 1.76 bits per heavy atom. The Morgan fingerprint density at radius 1 is 1.10 bits per heavy atom. The Kier molecular flexibility index (Phi) is 5.22. The molecule has 0 radical (unpaired) electrons. The third-order valence-corrected chi connectivity index (χ3v) is 4.25. The number of aromatic nitrogens is 2. The van der Waals surface area contributed by atoms with Crippen molar-refractivity contribution in [1.29, 1.82) is 0 Å². The third-order valence-electron chi connectivity index (χ3n) is 3.10. The minimum atomic E-state index is 0.270. The highest BCUT2D eigenvalue weighted by molar-refractivity contribution is 9.11. The van der Waals surface area contributed by atoms with Gasteiger partial charge in [0.15, 0.2) is 0 Å². The maximum atomic E-state index is 4.64. The number of hydrogen-bond donors (Lipinski definition) is 2. The maximum absolute atomic E-state index is 4.64. The molecule has 0 saturated heterocycles. The van der Waals surface area contributed by atoms with E-state index in [0.29, 0.717) is 0 Å². The van der Waals surface area contributed by atoms with Gasteiger partial charge in [-0.3, -0.25) is 0 Å². The summed E-state index contributed by atoms with van der Waals surface area (Å²) in [5, 5.41) is 6.51. The van der Waals surface area contributed by atoms with Gasteiger partial charge in [0.2, 0.25) is 0 Å². The lowest BCUT2D eigenvalue weighted by Gasteiger charge is -2.16. The second-order valence-corrected chi connectivity index (χ2v) is 6.83. The molecule has 1 aromatic heterocycles. The molecule has 0 unspecified atom stereocenters. The quantitative estimate of drug-likeness (QED) is 0.721. The summed E-state index contributed by atoms with van der Waals surface area (Å²) in [6, 6.07) is 6.00. The first kappa shape index (κ1) is 16.2. The van der Waals surface area contributed by atoms with Gasteiger partial charge in [-0.1, -0.05) is 29.8 Å². The van der Waals surface area contributed by atoms with Crippen molar-refractivity contribution in [1.82, 2.24) is 9.97 Å². The van der Waals surface area contributed by atoms with Crippen LogP contribution in [0.2, 0.25) is 0 Å². The van der Waals surface area contributed by atoms with Gasteiger partial charge in [-0.15, -0.1) is 0 Å². The lowest BCUT2D eigenvalue weighted by atomic mass is 10.2. The second kappa shape index (κ2) is 6.75. The highest BCUT2D eigenvalue weighted by Gasteiger charge is 2.13. The molecule has 0 atom stereocenters. The topological polar surface area (TPSA) is 49.8 Å². The smallest absolute Gasteiger partial charge is 0.139 e. The maximum Gasteiger partial charge on any atom is 0.139 e. The molecule has 2 aromatic rings. The van der Waals surface area contributed by atoms with Crippen LogP contribution in [-0.4, -0.2) is 17.0 Å². The average Bonchev–Trinajstić information content (AvgIpc) is 2.43. The van der Waals surface area contributed by atoms with Crippen molar-refractivity contribution in [2.75, 3.05) is 17.7 Å². The van der Waals surface area contributed by atoms with Crippen LogP contribution in [0.5, 0.6) is 0 Å². The monoisotopic (exact) mass is 412 g/mol. The van der Waals surface area contributed by atoms with Gasteiger partial charge >= 0.3 is 0 Å². The third kappa shape index (κ3) is 3.74. The van der Waals surface area contributed by atoms with E-state index in [2.05, 4.69) is 66.3 Å². The zero-order valence-electron chi connectivity index (χ0n) is 12.5. The SMILES string of the molecule is CNc1nc(C(C)C)nc(Nc2ccc(Br)cc2Br)c1C. The molecule has 0 aliphatic heterocycles. The molecule has 0 amide bonds. The van der Waals surface area contributed by atoms with E-state index in [1.807, 2.05) is 32.2 Å². The summed E-state index contributed by atoms with van der Waals surface area (Å²) in [5.41, 5.74) is 1.97. The fraction of sp³-hybridized carbons (Fsp3) is 0.333. The lowest BCUT2D eigenvalue weighted by Crippen LogP contribution is -2.08. The second-order valence-electron chi connectivity index (χ2n) is 5.06. The minimum Gasteiger partial charge on any atom is -0.373 e. The zero-order valence-corrected chi connectivity index (χ0v) is 15.6. The van der Waals surface area contributed by atoms with Crippen molar-refractivity contribution in [3.8, 4) is 0 Å². The van der Waals surface area contributed by atoms with Gasteiger partial charge < -0.3 is 10.6 Å². The molecule has 0 bridgehead atoms. The molecule has 21 heavy (non-hydrogen) atoms. The fourth-order valence-corrected chi connectivity index (χ4v) is 3.02. The molecule has 2 rings (SSSR count). The lowest BCUT2D eigenvalue weighted by molar-refractivity contribution is 0.775. The first-order valence-corrected chi connectivity index (χ1v) is 8.29. The predicted octanol–water partition coefficient (Wildman–Crippen LogP) is 5.22. The summed E-state index contributed by atoms with van der Waals surface area (Å²) >= 11 is 7.02. The van der Waals surface area contributed by atoms with Crippen molar-refractivity contribution in [2.45, 2.75) is 26.7 Å². The Labute approximate surface area is 142 Å². The van der Waals surface area contributed by atoms with Crippen molar-refractivity contribution < 1.29 is 0 Å². The van der Waals surface area contributed by atoms with Gasteiger partial charge in [0.1, 0.15) is 17.5 Å². The molecule has 0 fully saturated rings. The van der Waals surface area contributed by atoms with Crippen molar-refractivity contribution >= 4 is 49.2 Å². The molecule has 112 valence electrons. The number of benzene rings is 1. The number of anilines is 3. The Morgan fingerprint density at radius 3 is 2.33 bits per heavy atom. The molecular weight excluding hydrogens is 396 g/mol. The average molecular weight is 414 g/mol. The summed E-state index contributed by atoms with van der Waals surface area (Å²) in [6.45, 7) is 6.18. The molecule has 4 nitrogen and oxygen atoms in total. The summed E-state index contributed by atoms with van der Waals surface area (Å²) < 4.78 is 2.00. The molecule has 1 heterocycles. The highest BCUT2D eigenvalue weighted by atomic mass is 79.9. The van der Waals surface area contributed by atoms with E-state index in [4.69, 9.17) is 0 Å². The molecular formula is C15H18Br2N4. The Hall–Kier alpha value is -1.14. The van der Waals surface area contributed by atoms with Crippen molar-refractivity contribution in [3.63, 3.8) is 0 Å². The van der Waals surface area contributed by atoms with E-state index in [1.54, 1.807) is 0 Å². The van der Waals surface area contributed by atoms with Crippen LogP contribution in [0.1, 0.15) is 31.2 Å². The molecule has 0 saturated carbocycles. The molecule has 1 aromatic carbocycles.